The number of benzene rings is 2. The Morgan fingerprint density at radius 2 is 1.61 bits per heavy atom. The van der Waals surface area contributed by atoms with Crippen LogP contribution in [0.4, 0.5) is 5.69 Å². The van der Waals surface area contributed by atoms with Crippen LogP contribution in [0.3, 0.4) is 0 Å². The van der Waals surface area contributed by atoms with E-state index in [1.165, 1.54) is 4.68 Å². The maximum absolute atomic E-state index is 13.0. The van der Waals surface area contributed by atoms with Gasteiger partial charge < -0.3 is 9.80 Å². The molecule has 3 heterocycles. The average molecular weight is 461 g/mol. The van der Waals surface area contributed by atoms with Crippen molar-refractivity contribution in [2.75, 3.05) is 31.1 Å². The molecule has 0 radical (unpaired) electrons. The van der Waals surface area contributed by atoms with Gasteiger partial charge in [-0.3, -0.25) is 14.7 Å². The third kappa shape index (κ3) is 4.12. The predicted octanol–water partition coefficient (Wildman–Crippen LogP) is 3.24. The first-order chi connectivity index (χ1) is 16.1. The van der Waals surface area contributed by atoms with Crippen LogP contribution in [0.25, 0.3) is 16.9 Å². The fraction of sp³-hybridized carbons (Fsp3) is 0.167. The minimum atomic E-state index is -0.371. The monoisotopic (exact) mass is 460 g/mol. The van der Waals surface area contributed by atoms with Crippen molar-refractivity contribution in [3.05, 3.63) is 94.0 Å². The summed E-state index contributed by atoms with van der Waals surface area (Å²) < 4.78 is 1.29. The molecule has 4 aromatic rings. The number of anilines is 1. The Bertz CT molecular complexity index is 1330. The number of hydrogen-bond acceptors (Lipinski definition) is 5. The number of halogens is 1. The van der Waals surface area contributed by atoms with Gasteiger partial charge in [-0.05, 0) is 18.2 Å². The smallest absolute Gasteiger partial charge is 0.292 e. The molecule has 1 aliphatic heterocycles. The molecule has 1 aliphatic rings. The highest BCUT2D eigenvalue weighted by Gasteiger charge is 2.26. The van der Waals surface area contributed by atoms with Crippen molar-refractivity contribution < 1.29 is 4.79 Å². The number of nitrogens with one attached hydrogen (secondary N) is 1. The molecule has 8 nitrogen and oxygen atoms in total. The SMILES string of the molecule is O=C(c1cc(-c2ccccc2)n[nH]1)N1CCN(c2cnn(-c3ccccc3)c(=O)c2Cl)CC1. The summed E-state index contributed by atoms with van der Waals surface area (Å²) in [5.41, 5.74) is 2.99. The molecule has 1 amide bonds. The van der Waals surface area contributed by atoms with E-state index < -0.39 is 0 Å². The van der Waals surface area contributed by atoms with E-state index in [-0.39, 0.29) is 16.5 Å². The number of aromatic amines is 1. The highest BCUT2D eigenvalue weighted by molar-refractivity contribution is 6.33. The first-order valence-electron chi connectivity index (χ1n) is 10.6. The first kappa shape index (κ1) is 21.0. The van der Waals surface area contributed by atoms with Gasteiger partial charge in [0.2, 0.25) is 0 Å². The van der Waals surface area contributed by atoms with Crippen LogP contribution in [0.1, 0.15) is 10.5 Å². The van der Waals surface area contributed by atoms with E-state index in [0.29, 0.717) is 43.2 Å². The van der Waals surface area contributed by atoms with Crippen LogP contribution in [0, 0.1) is 0 Å². The number of amides is 1. The number of carbonyl (C=O) groups excluding carboxylic acids is 1. The van der Waals surface area contributed by atoms with Gasteiger partial charge in [0.1, 0.15) is 10.7 Å². The molecule has 2 aromatic carbocycles. The van der Waals surface area contributed by atoms with Gasteiger partial charge in [0.25, 0.3) is 11.5 Å². The summed E-state index contributed by atoms with van der Waals surface area (Å²) in [4.78, 5) is 29.5. The van der Waals surface area contributed by atoms with E-state index in [1.54, 1.807) is 29.3 Å². The van der Waals surface area contributed by atoms with Gasteiger partial charge in [0.15, 0.2) is 0 Å². The highest BCUT2D eigenvalue weighted by atomic mass is 35.5. The summed E-state index contributed by atoms with van der Waals surface area (Å²) in [5, 5.41) is 11.5. The molecule has 1 N–H and O–H groups in total. The summed E-state index contributed by atoms with van der Waals surface area (Å²) in [5.74, 6) is -0.104. The molecule has 0 aliphatic carbocycles. The zero-order valence-corrected chi connectivity index (χ0v) is 18.4. The van der Waals surface area contributed by atoms with Crippen LogP contribution >= 0.6 is 11.6 Å². The number of piperazine rings is 1. The van der Waals surface area contributed by atoms with E-state index in [9.17, 15) is 9.59 Å². The molecule has 166 valence electrons. The second-order valence-electron chi connectivity index (χ2n) is 7.71. The normalized spacial score (nSPS) is 13.8. The topological polar surface area (TPSA) is 87.1 Å². The third-order valence-corrected chi connectivity index (χ3v) is 6.04. The maximum Gasteiger partial charge on any atom is 0.292 e. The Hall–Kier alpha value is -3.91. The summed E-state index contributed by atoms with van der Waals surface area (Å²) in [6.07, 6.45) is 1.61. The molecule has 0 spiro atoms. The molecule has 1 saturated heterocycles. The van der Waals surface area contributed by atoms with Gasteiger partial charge in [-0.15, -0.1) is 0 Å². The van der Waals surface area contributed by atoms with Crippen LogP contribution in [-0.4, -0.2) is 57.0 Å². The summed E-state index contributed by atoms with van der Waals surface area (Å²) in [7, 11) is 0. The Morgan fingerprint density at radius 3 is 2.30 bits per heavy atom. The molecule has 2 aromatic heterocycles. The fourth-order valence-corrected chi connectivity index (χ4v) is 4.15. The van der Waals surface area contributed by atoms with Crippen LogP contribution in [-0.2, 0) is 0 Å². The van der Waals surface area contributed by atoms with Crippen molar-refractivity contribution in [3.8, 4) is 16.9 Å². The molecule has 33 heavy (non-hydrogen) atoms. The molecule has 9 heteroatoms. The van der Waals surface area contributed by atoms with Crippen molar-refractivity contribution >= 4 is 23.2 Å². The predicted molar refractivity (Wildman–Crippen MR) is 127 cm³/mol. The van der Waals surface area contributed by atoms with E-state index in [1.807, 2.05) is 53.4 Å². The molecule has 0 unspecified atom stereocenters. The number of para-hydroxylation sites is 1. The average Bonchev–Trinajstić information content (AvgIpc) is 3.37. The van der Waals surface area contributed by atoms with Gasteiger partial charge in [-0.1, -0.05) is 60.1 Å². The molecular weight excluding hydrogens is 440 g/mol. The molecule has 1 fully saturated rings. The molecular formula is C24H21ClN6O2. The number of H-pyrrole nitrogens is 1. The first-order valence-corrected chi connectivity index (χ1v) is 11.0. The Kier molecular flexibility index (Phi) is 5.66. The molecule has 5 rings (SSSR count). The molecule has 0 bridgehead atoms. The van der Waals surface area contributed by atoms with Gasteiger partial charge in [-0.2, -0.15) is 14.9 Å². The van der Waals surface area contributed by atoms with E-state index >= 15 is 0 Å². The Labute approximate surface area is 195 Å². The van der Waals surface area contributed by atoms with Crippen LogP contribution in [0.15, 0.2) is 77.7 Å². The lowest BCUT2D eigenvalue weighted by molar-refractivity contribution is 0.0741. The van der Waals surface area contributed by atoms with Gasteiger partial charge in [0, 0.05) is 31.7 Å². The third-order valence-electron chi connectivity index (χ3n) is 5.69. The Balaban J connectivity index is 1.28. The van der Waals surface area contributed by atoms with Gasteiger partial charge in [-0.25, -0.2) is 0 Å². The van der Waals surface area contributed by atoms with Crippen LogP contribution < -0.4 is 10.5 Å². The van der Waals surface area contributed by atoms with E-state index in [0.717, 1.165) is 11.3 Å². The summed E-state index contributed by atoms with van der Waals surface area (Å²) >= 11 is 6.43. The summed E-state index contributed by atoms with van der Waals surface area (Å²) in [6.45, 7) is 2.08. The molecule has 0 saturated carbocycles. The zero-order valence-electron chi connectivity index (χ0n) is 17.7. The molecule has 0 atom stereocenters. The zero-order chi connectivity index (χ0) is 22.8. The number of nitrogens with zero attached hydrogens (tertiary/aromatic N) is 5. The van der Waals surface area contributed by atoms with Crippen molar-refractivity contribution in [1.29, 1.82) is 0 Å². The highest BCUT2D eigenvalue weighted by Crippen LogP contribution is 2.24. The lowest BCUT2D eigenvalue weighted by Crippen LogP contribution is -2.49. The standard InChI is InChI=1S/C24H21ClN6O2/c25-22-21(16-26-31(24(22)33)18-9-5-2-6-10-18)29-11-13-30(14-12-29)23(32)20-15-19(27-28-20)17-7-3-1-4-8-17/h1-10,15-16H,11-14H2,(H,27,28). The fourth-order valence-electron chi connectivity index (χ4n) is 3.91. The summed E-state index contributed by atoms with van der Waals surface area (Å²) in [6, 6.07) is 20.6. The van der Waals surface area contributed by atoms with Gasteiger partial charge in [0.05, 0.1) is 23.3 Å². The minimum Gasteiger partial charge on any atom is -0.365 e. The quantitative estimate of drug-likeness (QED) is 0.505. The van der Waals surface area contributed by atoms with Crippen LogP contribution in [0.2, 0.25) is 5.02 Å². The Morgan fingerprint density at radius 1 is 0.939 bits per heavy atom. The number of hydrogen-bond donors (Lipinski definition) is 1. The minimum absolute atomic E-state index is 0.104. The van der Waals surface area contributed by atoms with E-state index in [4.69, 9.17) is 11.6 Å². The van der Waals surface area contributed by atoms with Crippen molar-refractivity contribution in [2.45, 2.75) is 0 Å². The van der Waals surface area contributed by atoms with Crippen molar-refractivity contribution in [1.82, 2.24) is 24.9 Å². The van der Waals surface area contributed by atoms with Crippen molar-refractivity contribution in [2.24, 2.45) is 0 Å². The lowest BCUT2D eigenvalue weighted by atomic mass is 10.1. The van der Waals surface area contributed by atoms with Gasteiger partial charge >= 0.3 is 0 Å². The van der Waals surface area contributed by atoms with Crippen molar-refractivity contribution in [3.63, 3.8) is 0 Å². The van der Waals surface area contributed by atoms with E-state index in [2.05, 4.69) is 15.3 Å². The van der Waals surface area contributed by atoms with Crippen LogP contribution in [0.5, 0.6) is 0 Å². The number of rotatable bonds is 4. The number of carbonyl (C=O) groups is 1. The second-order valence-corrected chi connectivity index (χ2v) is 8.09. The largest absolute Gasteiger partial charge is 0.365 e. The number of aromatic nitrogens is 4. The maximum atomic E-state index is 13.0. The second kappa shape index (κ2) is 8.91. The lowest BCUT2D eigenvalue weighted by Gasteiger charge is -2.36.